The Morgan fingerprint density at radius 1 is 1.21 bits per heavy atom. The molecule has 1 saturated carbocycles. The van der Waals surface area contributed by atoms with Crippen LogP contribution in [0.3, 0.4) is 0 Å². The van der Waals surface area contributed by atoms with E-state index in [0.717, 1.165) is 46.1 Å². The van der Waals surface area contributed by atoms with Gasteiger partial charge in [-0.2, -0.15) is 0 Å². The van der Waals surface area contributed by atoms with Gasteiger partial charge in [-0.1, -0.05) is 0 Å². The number of imidazole rings is 1. The first kappa shape index (κ1) is 13.5. The molecule has 0 amide bonds. The zero-order valence-electron chi connectivity index (χ0n) is 13.4. The Balaban J connectivity index is 1.48. The second-order valence-corrected chi connectivity index (χ2v) is 6.44. The van der Waals surface area contributed by atoms with Crippen molar-refractivity contribution in [1.29, 1.82) is 0 Å². The summed E-state index contributed by atoms with van der Waals surface area (Å²) in [5.41, 5.74) is 4.64. The molecule has 1 fully saturated rings. The number of oxazole rings is 1. The van der Waals surface area contributed by atoms with Gasteiger partial charge in [-0.3, -0.25) is 0 Å². The molecule has 0 aliphatic heterocycles. The Hall–Kier alpha value is -2.89. The molecule has 6 heteroatoms. The van der Waals surface area contributed by atoms with Gasteiger partial charge in [0, 0.05) is 25.2 Å². The monoisotopic (exact) mass is 319 g/mol. The van der Waals surface area contributed by atoms with Gasteiger partial charge in [-0.05, 0) is 37.0 Å². The number of nitrogens with zero attached hydrogens (tertiary/aromatic N) is 4. The summed E-state index contributed by atoms with van der Waals surface area (Å²) in [4.78, 5) is 13.3. The number of pyridine rings is 1. The summed E-state index contributed by atoms with van der Waals surface area (Å²) in [6, 6.07) is 7.93. The molecule has 0 unspecified atom stereocenters. The lowest BCUT2D eigenvalue weighted by atomic mass is 10.3. The standard InChI is InChI=1S/C18H17N5O/c1-11-21-14-6-13(4-5-17(14)24-11)22-18-7-16-15(8-19-18)20-10-23(16)9-12-2-3-12/h4-8,10,12H,2-3,9H2,1H3,(H,19,22). The molecule has 0 bridgehead atoms. The lowest BCUT2D eigenvalue weighted by Gasteiger charge is -2.07. The third-order valence-electron chi connectivity index (χ3n) is 4.43. The van der Waals surface area contributed by atoms with Crippen LogP contribution >= 0.6 is 0 Å². The van der Waals surface area contributed by atoms with Crippen LogP contribution in [0.4, 0.5) is 11.5 Å². The summed E-state index contributed by atoms with van der Waals surface area (Å²) in [6.07, 6.45) is 6.39. The SMILES string of the molecule is Cc1nc2cc(Nc3cc4c(cn3)ncn4CC3CC3)ccc2o1. The van der Waals surface area contributed by atoms with Crippen molar-refractivity contribution in [3.63, 3.8) is 0 Å². The van der Waals surface area contributed by atoms with E-state index in [1.165, 1.54) is 12.8 Å². The summed E-state index contributed by atoms with van der Waals surface area (Å²) in [5, 5.41) is 3.35. The van der Waals surface area contributed by atoms with Gasteiger partial charge >= 0.3 is 0 Å². The minimum Gasteiger partial charge on any atom is -0.441 e. The van der Waals surface area contributed by atoms with E-state index in [9.17, 15) is 0 Å². The van der Waals surface area contributed by atoms with Crippen LogP contribution in [-0.4, -0.2) is 19.5 Å². The van der Waals surface area contributed by atoms with Gasteiger partial charge in [0.2, 0.25) is 0 Å². The largest absolute Gasteiger partial charge is 0.441 e. The molecular weight excluding hydrogens is 302 g/mol. The Morgan fingerprint density at radius 2 is 2.12 bits per heavy atom. The van der Waals surface area contributed by atoms with Gasteiger partial charge < -0.3 is 14.3 Å². The minimum absolute atomic E-state index is 0.672. The maximum absolute atomic E-state index is 5.51. The minimum atomic E-state index is 0.672. The van der Waals surface area contributed by atoms with Gasteiger partial charge in [0.1, 0.15) is 16.9 Å². The van der Waals surface area contributed by atoms with E-state index in [-0.39, 0.29) is 0 Å². The van der Waals surface area contributed by atoms with Crippen LogP contribution in [0.15, 0.2) is 41.2 Å². The highest BCUT2D eigenvalue weighted by molar-refractivity contribution is 5.81. The number of anilines is 2. The summed E-state index contributed by atoms with van der Waals surface area (Å²) >= 11 is 0. The number of aryl methyl sites for hydroxylation is 1. The molecule has 0 saturated heterocycles. The van der Waals surface area contributed by atoms with Crippen LogP contribution in [0.1, 0.15) is 18.7 Å². The van der Waals surface area contributed by atoms with E-state index in [1.54, 1.807) is 0 Å². The summed E-state index contributed by atoms with van der Waals surface area (Å²) in [6.45, 7) is 2.90. The van der Waals surface area contributed by atoms with Crippen molar-refractivity contribution in [3.8, 4) is 0 Å². The van der Waals surface area contributed by atoms with E-state index in [1.807, 2.05) is 37.6 Å². The number of nitrogens with one attached hydrogen (secondary N) is 1. The highest BCUT2D eigenvalue weighted by atomic mass is 16.3. The highest BCUT2D eigenvalue weighted by Gasteiger charge is 2.22. The van der Waals surface area contributed by atoms with E-state index in [2.05, 4.69) is 30.9 Å². The topological polar surface area (TPSA) is 68.8 Å². The quantitative estimate of drug-likeness (QED) is 0.615. The number of fused-ring (bicyclic) bond motifs is 2. The Labute approximate surface area is 138 Å². The molecular formula is C18H17N5O. The molecule has 1 aromatic carbocycles. The predicted octanol–water partition coefficient (Wildman–Crippen LogP) is 4.03. The van der Waals surface area contributed by atoms with Crippen LogP contribution < -0.4 is 5.32 Å². The summed E-state index contributed by atoms with van der Waals surface area (Å²) in [5.74, 6) is 2.29. The third kappa shape index (κ3) is 2.40. The van der Waals surface area contributed by atoms with Gasteiger partial charge in [-0.25, -0.2) is 15.0 Å². The second-order valence-electron chi connectivity index (χ2n) is 6.44. The smallest absolute Gasteiger partial charge is 0.192 e. The van der Waals surface area contributed by atoms with Crippen LogP contribution in [0.2, 0.25) is 0 Å². The van der Waals surface area contributed by atoms with Crippen molar-refractivity contribution in [2.75, 3.05) is 5.32 Å². The second kappa shape index (κ2) is 5.06. The normalized spacial score (nSPS) is 14.5. The van der Waals surface area contributed by atoms with Crippen LogP contribution in [0.5, 0.6) is 0 Å². The molecule has 1 aliphatic rings. The highest BCUT2D eigenvalue weighted by Crippen LogP contribution is 2.32. The van der Waals surface area contributed by atoms with E-state index < -0.39 is 0 Å². The molecule has 0 radical (unpaired) electrons. The molecule has 120 valence electrons. The van der Waals surface area contributed by atoms with Crippen molar-refractivity contribution in [1.82, 2.24) is 19.5 Å². The van der Waals surface area contributed by atoms with Gasteiger partial charge in [0.15, 0.2) is 11.5 Å². The zero-order valence-corrected chi connectivity index (χ0v) is 13.4. The maximum Gasteiger partial charge on any atom is 0.192 e. The van der Waals surface area contributed by atoms with Crippen LogP contribution in [-0.2, 0) is 6.54 Å². The van der Waals surface area contributed by atoms with Gasteiger partial charge in [0.25, 0.3) is 0 Å². The van der Waals surface area contributed by atoms with E-state index >= 15 is 0 Å². The molecule has 1 N–H and O–H groups in total. The molecule has 1 aliphatic carbocycles. The van der Waals surface area contributed by atoms with Crippen molar-refractivity contribution in [3.05, 3.63) is 42.7 Å². The fourth-order valence-electron chi connectivity index (χ4n) is 3.02. The first-order valence-corrected chi connectivity index (χ1v) is 8.20. The van der Waals surface area contributed by atoms with Gasteiger partial charge in [-0.15, -0.1) is 0 Å². The first-order valence-electron chi connectivity index (χ1n) is 8.20. The molecule has 3 heterocycles. The fourth-order valence-corrected chi connectivity index (χ4v) is 3.02. The number of rotatable bonds is 4. The number of benzene rings is 1. The van der Waals surface area contributed by atoms with E-state index in [0.29, 0.717) is 5.89 Å². The van der Waals surface area contributed by atoms with Crippen molar-refractivity contribution in [2.24, 2.45) is 5.92 Å². The van der Waals surface area contributed by atoms with Crippen molar-refractivity contribution < 1.29 is 4.42 Å². The zero-order chi connectivity index (χ0) is 16.1. The maximum atomic E-state index is 5.51. The first-order chi connectivity index (χ1) is 11.7. The fraction of sp³-hybridized carbons (Fsp3) is 0.278. The number of hydrogen-bond donors (Lipinski definition) is 1. The number of hydrogen-bond acceptors (Lipinski definition) is 5. The molecule has 24 heavy (non-hydrogen) atoms. The molecule has 0 spiro atoms. The molecule has 0 atom stereocenters. The molecule has 6 nitrogen and oxygen atoms in total. The lowest BCUT2D eigenvalue weighted by Crippen LogP contribution is -1.99. The molecule has 5 rings (SSSR count). The average molecular weight is 319 g/mol. The third-order valence-corrected chi connectivity index (χ3v) is 4.43. The molecule has 4 aromatic rings. The Morgan fingerprint density at radius 3 is 3.00 bits per heavy atom. The van der Waals surface area contributed by atoms with Crippen molar-refractivity contribution >= 4 is 33.6 Å². The lowest BCUT2D eigenvalue weighted by molar-refractivity contribution is 0.561. The van der Waals surface area contributed by atoms with Crippen molar-refractivity contribution in [2.45, 2.75) is 26.3 Å². The average Bonchev–Trinajstić information content (AvgIpc) is 3.18. The number of aromatic nitrogens is 4. The summed E-state index contributed by atoms with van der Waals surface area (Å²) < 4.78 is 7.74. The summed E-state index contributed by atoms with van der Waals surface area (Å²) in [7, 11) is 0. The van der Waals surface area contributed by atoms with Gasteiger partial charge in [0.05, 0.1) is 18.0 Å². The van der Waals surface area contributed by atoms with Crippen LogP contribution in [0, 0.1) is 12.8 Å². The molecule has 3 aromatic heterocycles. The van der Waals surface area contributed by atoms with Crippen LogP contribution in [0.25, 0.3) is 22.1 Å². The predicted molar refractivity (Wildman–Crippen MR) is 92.3 cm³/mol. The Kier molecular flexibility index (Phi) is 2.85. The van der Waals surface area contributed by atoms with E-state index in [4.69, 9.17) is 4.42 Å². The Bertz CT molecular complexity index is 1040.